The number of carbonyl (C=O) groups excluding carboxylic acids is 3. The molecule has 1 atom stereocenters. The van der Waals surface area contributed by atoms with E-state index in [-0.39, 0.29) is 37.0 Å². The van der Waals surface area contributed by atoms with Crippen LogP contribution < -0.4 is 4.90 Å². The van der Waals surface area contributed by atoms with Crippen molar-refractivity contribution in [3.63, 3.8) is 0 Å². The van der Waals surface area contributed by atoms with Gasteiger partial charge in [0.2, 0.25) is 11.8 Å². The lowest BCUT2D eigenvalue weighted by Gasteiger charge is -2.32. The maximum absolute atomic E-state index is 13.8. The van der Waals surface area contributed by atoms with Gasteiger partial charge in [0, 0.05) is 12.0 Å². The Morgan fingerprint density at radius 3 is 2.18 bits per heavy atom. The van der Waals surface area contributed by atoms with Crippen LogP contribution in [0.25, 0.3) is 0 Å². The first-order valence-electron chi connectivity index (χ1n) is 10.6. The number of anilines is 1. The Morgan fingerprint density at radius 2 is 1.61 bits per heavy atom. The fourth-order valence-electron chi connectivity index (χ4n) is 4.89. The lowest BCUT2D eigenvalue weighted by molar-refractivity contribution is -0.139. The van der Waals surface area contributed by atoms with E-state index in [0.29, 0.717) is 5.69 Å². The topological polar surface area (TPSA) is 111 Å². The van der Waals surface area contributed by atoms with Crippen LogP contribution in [0.2, 0.25) is 0 Å². The highest BCUT2D eigenvalue weighted by molar-refractivity contribution is 6.24. The largest absolute Gasteiger partial charge is 0.463 e. The summed E-state index contributed by atoms with van der Waals surface area (Å²) in [7, 11) is 0. The van der Waals surface area contributed by atoms with Crippen molar-refractivity contribution in [3.05, 3.63) is 77.4 Å². The van der Waals surface area contributed by atoms with Crippen LogP contribution in [0.5, 0.6) is 0 Å². The zero-order chi connectivity index (χ0) is 23.6. The van der Waals surface area contributed by atoms with Crippen LogP contribution in [-0.2, 0) is 25.5 Å². The second-order valence-corrected chi connectivity index (χ2v) is 8.12. The molecule has 7 heteroatoms. The third kappa shape index (κ3) is 3.21. The molecular formula is C26H21N3O4. The van der Waals surface area contributed by atoms with E-state index in [1.165, 1.54) is 0 Å². The molecule has 1 saturated heterocycles. The summed E-state index contributed by atoms with van der Waals surface area (Å²) in [5.74, 6) is -1.83. The molecule has 2 aromatic carbocycles. The van der Waals surface area contributed by atoms with Crippen LogP contribution >= 0.6 is 0 Å². The van der Waals surface area contributed by atoms with Crippen molar-refractivity contribution in [1.29, 1.82) is 10.5 Å². The number of nitrogens with zero attached hydrogens (tertiary/aromatic N) is 3. The van der Waals surface area contributed by atoms with Gasteiger partial charge in [-0.3, -0.25) is 9.59 Å². The first-order chi connectivity index (χ1) is 15.9. The van der Waals surface area contributed by atoms with Crippen molar-refractivity contribution in [2.75, 3.05) is 11.5 Å². The van der Waals surface area contributed by atoms with E-state index in [4.69, 9.17) is 4.74 Å². The summed E-state index contributed by atoms with van der Waals surface area (Å²) >= 11 is 0. The number of amides is 2. The number of hydrogen-bond acceptors (Lipinski definition) is 6. The van der Waals surface area contributed by atoms with E-state index in [1.54, 1.807) is 37.3 Å². The lowest BCUT2D eigenvalue weighted by atomic mass is 9.62. The Bertz CT molecular complexity index is 1220. The minimum atomic E-state index is -1.98. The van der Waals surface area contributed by atoms with Crippen LogP contribution in [0.3, 0.4) is 0 Å². The molecule has 1 fully saturated rings. The van der Waals surface area contributed by atoms with Crippen molar-refractivity contribution in [2.24, 2.45) is 10.8 Å². The van der Waals surface area contributed by atoms with Crippen molar-refractivity contribution in [1.82, 2.24) is 0 Å². The van der Waals surface area contributed by atoms with Crippen molar-refractivity contribution in [3.8, 4) is 12.1 Å². The normalized spacial score (nSPS) is 21.2. The quantitative estimate of drug-likeness (QED) is 0.521. The predicted molar refractivity (Wildman–Crippen MR) is 118 cm³/mol. The third-order valence-electron chi connectivity index (χ3n) is 6.42. The highest BCUT2D eigenvalue weighted by Crippen LogP contribution is 2.61. The Hall–Kier alpha value is -4.23. The molecule has 0 aromatic heterocycles. The lowest BCUT2D eigenvalue weighted by Crippen LogP contribution is -2.45. The van der Waals surface area contributed by atoms with E-state index in [1.807, 2.05) is 30.3 Å². The monoisotopic (exact) mass is 439 g/mol. The van der Waals surface area contributed by atoms with Gasteiger partial charge in [-0.05, 0) is 43.0 Å². The minimum Gasteiger partial charge on any atom is -0.463 e. The van der Waals surface area contributed by atoms with Gasteiger partial charge in [-0.2, -0.15) is 10.5 Å². The summed E-state index contributed by atoms with van der Waals surface area (Å²) < 4.78 is 5.23. The average molecular weight is 439 g/mol. The van der Waals surface area contributed by atoms with Crippen LogP contribution in [0.15, 0.2) is 71.8 Å². The van der Waals surface area contributed by atoms with Crippen molar-refractivity contribution >= 4 is 23.5 Å². The van der Waals surface area contributed by atoms with Gasteiger partial charge in [0.25, 0.3) is 0 Å². The maximum Gasteiger partial charge on any atom is 0.334 e. The number of rotatable bonds is 5. The number of ether oxygens (including phenoxy) is 1. The summed E-state index contributed by atoms with van der Waals surface area (Å²) in [4.78, 5) is 40.9. The van der Waals surface area contributed by atoms with Crippen LogP contribution in [0.4, 0.5) is 5.69 Å². The number of nitriles is 2. The van der Waals surface area contributed by atoms with Gasteiger partial charge in [0.05, 0.1) is 29.8 Å². The molecule has 1 unspecified atom stereocenters. The predicted octanol–water partition coefficient (Wildman–Crippen LogP) is 3.48. The molecule has 164 valence electrons. The molecule has 1 aliphatic carbocycles. The zero-order valence-corrected chi connectivity index (χ0v) is 18.1. The number of esters is 1. The number of hydrogen-bond donors (Lipinski definition) is 0. The molecule has 7 nitrogen and oxygen atoms in total. The van der Waals surface area contributed by atoms with Crippen LogP contribution in [-0.4, -0.2) is 24.4 Å². The molecule has 1 heterocycles. The molecule has 2 amide bonds. The van der Waals surface area contributed by atoms with Gasteiger partial charge < -0.3 is 4.74 Å². The van der Waals surface area contributed by atoms with Gasteiger partial charge in [-0.1, -0.05) is 48.5 Å². The highest BCUT2D eigenvalue weighted by atomic mass is 16.5. The number of para-hydroxylation sites is 1. The summed E-state index contributed by atoms with van der Waals surface area (Å²) in [6.07, 6.45) is -0.434. The number of carbonyl (C=O) groups is 3. The fraction of sp³-hybridized carbons (Fsp3) is 0.269. The van der Waals surface area contributed by atoms with E-state index >= 15 is 0 Å². The molecule has 0 radical (unpaired) electrons. The SMILES string of the molecule is CCOC(=O)C1=C(Cc2ccccc2)C(C#N)(C#N)C2(CC(=O)N(c3ccccc3)C2=O)C1. The first kappa shape index (κ1) is 22.0. The second kappa shape index (κ2) is 8.37. The van der Waals surface area contributed by atoms with Crippen LogP contribution in [0.1, 0.15) is 25.3 Å². The van der Waals surface area contributed by atoms with Crippen molar-refractivity contribution in [2.45, 2.75) is 26.2 Å². The Morgan fingerprint density at radius 1 is 1.00 bits per heavy atom. The Balaban J connectivity index is 1.89. The van der Waals surface area contributed by atoms with Gasteiger partial charge in [-0.15, -0.1) is 0 Å². The average Bonchev–Trinajstić information content (AvgIpc) is 3.25. The third-order valence-corrected chi connectivity index (χ3v) is 6.42. The molecule has 0 saturated carbocycles. The number of imide groups is 1. The van der Waals surface area contributed by atoms with E-state index in [0.717, 1.165) is 10.5 Å². The van der Waals surface area contributed by atoms with E-state index < -0.39 is 28.6 Å². The van der Waals surface area contributed by atoms with Gasteiger partial charge in [0.15, 0.2) is 5.41 Å². The summed E-state index contributed by atoms with van der Waals surface area (Å²) in [6, 6.07) is 21.6. The van der Waals surface area contributed by atoms with Crippen LogP contribution in [0, 0.1) is 33.5 Å². The molecule has 4 rings (SSSR count). The summed E-state index contributed by atoms with van der Waals surface area (Å²) in [5.41, 5.74) is -2.19. The molecule has 33 heavy (non-hydrogen) atoms. The van der Waals surface area contributed by atoms with E-state index in [2.05, 4.69) is 12.1 Å². The molecule has 0 bridgehead atoms. The fourth-order valence-corrected chi connectivity index (χ4v) is 4.89. The first-order valence-corrected chi connectivity index (χ1v) is 10.6. The molecule has 0 N–H and O–H groups in total. The Labute approximate surface area is 191 Å². The van der Waals surface area contributed by atoms with Crippen molar-refractivity contribution < 1.29 is 19.1 Å². The Kier molecular flexibility index (Phi) is 5.57. The zero-order valence-electron chi connectivity index (χ0n) is 18.1. The highest BCUT2D eigenvalue weighted by Gasteiger charge is 2.70. The van der Waals surface area contributed by atoms with Gasteiger partial charge >= 0.3 is 5.97 Å². The smallest absolute Gasteiger partial charge is 0.334 e. The summed E-state index contributed by atoms with van der Waals surface area (Å²) in [6.45, 7) is 1.76. The molecular weight excluding hydrogens is 418 g/mol. The maximum atomic E-state index is 13.8. The second-order valence-electron chi connectivity index (χ2n) is 8.12. The number of benzene rings is 2. The standard InChI is InChI=1S/C26H21N3O4/c1-2-33-23(31)20-14-25(15-22(30)29(24(25)32)19-11-7-4-8-12-19)26(16-27,17-28)21(20)13-18-9-5-3-6-10-18/h3-12H,2,13-15H2,1H3. The molecule has 2 aromatic rings. The number of allylic oxidation sites excluding steroid dienone is 1. The molecule has 1 spiro atoms. The molecule has 2 aliphatic rings. The van der Waals surface area contributed by atoms with Gasteiger partial charge in [0.1, 0.15) is 0 Å². The summed E-state index contributed by atoms with van der Waals surface area (Å²) in [5, 5.41) is 20.7. The van der Waals surface area contributed by atoms with E-state index in [9.17, 15) is 24.9 Å². The minimum absolute atomic E-state index is 0.100. The molecule has 1 aliphatic heterocycles. The van der Waals surface area contributed by atoms with Gasteiger partial charge in [-0.25, -0.2) is 9.69 Å².